The number of pyridine rings is 1. The number of benzene rings is 2. The molecule has 1 fully saturated rings. The third-order valence-electron chi connectivity index (χ3n) is 7.84. The van der Waals surface area contributed by atoms with Crippen LogP contribution in [0.15, 0.2) is 72.9 Å². The van der Waals surface area contributed by atoms with Gasteiger partial charge in [-0.3, -0.25) is 15.1 Å². The molecule has 0 bridgehead atoms. The van der Waals surface area contributed by atoms with E-state index in [4.69, 9.17) is 4.74 Å². The van der Waals surface area contributed by atoms with Gasteiger partial charge >= 0.3 is 12.1 Å². The summed E-state index contributed by atoms with van der Waals surface area (Å²) in [6, 6.07) is 20.4. The monoisotopic (exact) mass is 628 g/mol. The minimum absolute atomic E-state index is 0.112. The normalized spacial score (nSPS) is 13.9. The highest BCUT2D eigenvalue weighted by Gasteiger charge is 2.20. The van der Waals surface area contributed by atoms with Gasteiger partial charge in [0.05, 0.1) is 11.4 Å². The number of carbonyl (C=O) groups excluding carboxylic acids is 3. The van der Waals surface area contributed by atoms with Gasteiger partial charge in [0.15, 0.2) is 0 Å². The van der Waals surface area contributed by atoms with Gasteiger partial charge in [-0.15, -0.1) is 0 Å². The molecule has 1 aliphatic rings. The van der Waals surface area contributed by atoms with Gasteiger partial charge in [-0.2, -0.15) is 0 Å². The van der Waals surface area contributed by atoms with Gasteiger partial charge in [-0.1, -0.05) is 55.5 Å². The number of ether oxygens (including phenoxy) is 1. The number of urea groups is 1. The molecule has 4 rings (SSSR count). The van der Waals surface area contributed by atoms with Gasteiger partial charge in [-0.05, 0) is 101 Å². The molecular weight excluding hydrogens is 580 g/mol. The van der Waals surface area contributed by atoms with E-state index in [2.05, 4.69) is 44.9 Å². The second kappa shape index (κ2) is 16.7. The number of para-hydroxylation sites is 2. The third kappa shape index (κ3) is 11.5. The highest BCUT2D eigenvalue weighted by atomic mass is 16.6. The van der Waals surface area contributed by atoms with Crippen LogP contribution in [0.2, 0.25) is 0 Å². The zero-order chi connectivity index (χ0) is 32.9. The van der Waals surface area contributed by atoms with E-state index in [1.807, 2.05) is 29.2 Å². The van der Waals surface area contributed by atoms with E-state index in [9.17, 15) is 14.4 Å². The average molecular weight is 629 g/mol. The maximum atomic E-state index is 13.3. The first-order chi connectivity index (χ1) is 22.1. The van der Waals surface area contributed by atoms with Crippen molar-refractivity contribution in [2.75, 3.05) is 43.4 Å². The molecule has 2 heterocycles. The van der Waals surface area contributed by atoms with Crippen molar-refractivity contribution < 1.29 is 19.1 Å². The summed E-state index contributed by atoms with van der Waals surface area (Å²) in [5.74, 6) is 0.362. The van der Waals surface area contributed by atoms with Crippen molar-refractivity contribution in [1.82, 2.24) is 20.1 Å². The molecule has 3 N–H and O–H groups in total. The standard InChI is InChI=1S/C36H48N6O4/c1-27-18-23-41(24-19-27)21-10-22-42(34(44)37-20-17-28-11-6-5-7-12-28)26-29-15-16-32(38-25-29)33(43)39-30-13-8-9-14-31(30)40-35(45)46-36(2,3)4/h5-9,11-16,25,27H,10,17-24,26H2,1-4H3,(H,37,44)(H,39,43)(H,40,45). The molecule has 1 saturated heterocycles. The fraction of sp³-hybridized carbons (Fsp3) is 0.444. The van der Waals surface area contributed by atoms with Crippen LogP contribution in [-0.4, -0.2) is 71.1 Å². The molecule has 0 aliphatic carbocycles. The minimum Gasteiger partial charge on any atom is -0.444 e. The van der Waals surface area contributed by atoms with Crippen molar-refractivity contribution in [2.45, 2.75) is 65.5 Å². The number of rotatable bonds is 12. The van der Waals surface area contributed by atoms with E-state index in [0.29, 0.717) is 31.0 Å². The lowest BCUT2D eigenvalue weighted by molar-refractivity contribution is 0.0635. The maximum Gasteiger partial charge on any atom is 0.412 e. The molecule has 1 aliphatic heterocycles. The smallest absolute Gasteiger partial charge is 0.412 e. The number of aromatic nitrogens is 1. The topological polar surface area (TPSA) is 116 Å². The van der Waals surface area contributed by atoms with Crippen LogP contribution in [0.4, 0.5) is 21.0 Å². The average Bonchev–Trinajstić information content (AvgIpc) is 3.02. The number of piperidine rings is 1. The van der Waals surface area contributed by atoms with Crippen LogP contribution < -0.4 is 16.0 Å². The summed E-state index contributed by atoms with van der Waals surface area (Å²) in [5, 5.41) is 8.59. The Bertz CT molecular complexity index is 1420. The lowest BCUT2D eigenvalue weighted by atomic mass is 9.99. The van der Waals surface area contributed by atoms with Crippen LogP contribution in [0.25, 0.3) is 0 Å². The molecule has 0 unspecified atom stereocenters. The molecule has 246 valence electrons. The van der Waals surface area contributed by atoms with Crippen molar-refractivity contribution in [1.29, 1.82) is 0 Å². The van der Waals surface area contributed by atoms with Crippen LogP contribution in [0.3, 0.4) is 0 Å². The van der Waals surface area contributed by atoms with Crippen molar-refractivity contribution >= 4 is 29.4 Å². The summed E-state index contributed by atoms with van der Waals surface area (Å²) in [4.78, 5) is 47.4. The molecule has 0 radical (unpaired) electrons. The first-order valence-electron chi connectivity index (χ1n) is 16.2. The molecule has 0 saturated carbocycles. The molecule has 46 heavy (non-hydrogen) atoms. The molecule has 4 amide bonds. The minimum atomic E-state index is -0.654. The van der Waals surface area contributed by atoms with E-state index in [1.54, 1.807) is 57.3 Å². The van der Waals surface area contributed by atoms with E-state index in [1.165, 1.54) is 18.4 Å². The Hall–Kier alpha value is -4.44. The van der Waals surface area contributed by atoms with Crippen molar-refractivity contribution in [3.63, 3.8) is 0 Å². The van der Waals surface area contributed by atoms with Crippen molar-refractivity contribution in [3.8, 4) is 0 Å². The van der Waals surface area contributed by atoms with E-state index >= 15 is 0 Å². The number of hydrogen-bond acceptors (Lipinski definition) is 6. The molecular formula is C36H48N6O4. The predicted molar refractivity (Wildman–Crippen MR) is 182 cm³/mol. The predicted octanol–water partition coefficient (Wildman–Crippen LogP) is 6.56. The third-order valence-corrected chi connectivity index (χ3v) is 7.84. The lowest BCUT2D eigenvalue weighted by Gasteiger charge is -2.31. The molecule has 2 aromatic carbocycles. The van der Waals surface area contributed by atoms with Gasteiger partial charge in [0, 0.05) is 25.8 Å². The molecule has 1 aromatic heterocycles. The van der Waals surface area contributed by atoms with Crippen LogP contribution in [0.5, 0.6) is 0 Å². The van der Waals surface area contributed by atoms with Crippen LogP contribution in [0.1, 0.15) is 68.6 Å². The molecule has 3 aromatic rings. The maximum absolute atomic E-state index is 13.3. The fourth-order valence-corrected chi connectivity index (χ4v) is 5.27. The first kappa shape index (κ1) is 34.4. The zero-order valence-electron chi connectivity index (χ0n) is 27.6. The Balaban J connectivity index is 1.36. The summed E-state index contributed by atoms with van der Waals surface area (Å²) >= 11 is 0. The molecule has 10 heteroatoms. The van der Waals surface area contributed by atoms with Gasteiger partial charge in [-0.25, -0.2) is 9.59 Å². The molecule has 0 spiro atoms. The molecule has 0 atom stereocenters. The van der Waals surface area contributed by atoms with Crippen LogP contribution in [0, 0.1) is 5.92 Å². The second-order valence-corrected chi connectivity index (χ2v) is 12.9. The Morgan fingerprint density at radius 3 is 2.24 bits per heavy atom. The van der Waals surface area contributed by atoms with Gasteiger partial charge < -0.3 is 25.2 Å². The number of nitrogens with one attached hydrogen (secondary N) is 3. The lowest BCUT2D eigenvalue weighted by Crippen LogP contribution is -2.42. The van der Waals surface area contributed by atoms with Crippen molar-refractivity contribution in [2.24, 2.45) is 5.92 Å². The van der Waals surface area contributed by atoms with Gasteiger partial charge in [0.25, 0.3) is 5.91 Å². The number of anilines is 2. The Morgan fingerprint density at radius 2 is 1.59 bits per heavy atom. The Labute approximate surface area is 272 Å². The Morgan fingerprint density at radius 1 is 0.913 bits per heavy atom. The highest BCUT2D eigenvalue weighted by Crippen LogP contribution is 2.23. The Kier molecular flexibility index (Phi) is 12.5. The number of amides is 4. The van der Waals surface area contributed by atoms with Gasteiger partial charge in [0.2, 0.25) is 0 Å². The number of carbonyl (C=O) groups is 3. The summed E-state index contributed by atoms with van der Waals surface area (Å²) in [6.07, 6.45) is 5.10. The number of nitrogens with zero attached hydrogens (tertiary/aromatic N) is 3. The zero-order valence-corrected chi connectivity index (χ0v) is 27.6. The second-order valence-electron chi connectivity index (χ2n) is 12.9. The first-order valence-corrected chi connectivity index (χ1v) is 16.2. The number of hydrogen-bond donors (Lipinski definition) is 3. The van der Waals surface area contributed by atoms with E-state index < -0.39 is 17.6 Å². The van der Waals surface area contributed by atoms with E-state index in [0.717, 1.165) is 44.0 Å². The fourth-order valence-electron chi connectivity index (χ4n) is 5.27. The largest absolute Gasteiger partial charge is 0.444 e. The summed E-state index contributed by atoms with van der Waals surface area (Å²) in [5.41, 5.74) is 2.40. The highest BCUT2D eigenvalue weighted by molar-refractivity contribution is 6.05. The summed E-state index contributed by atoms with van der Waals surface area (Å²) < 4.78 is 5.34. The van der Waals surface area contributed by atoms with Crippen LogP contribution in [-0.2, 0) is 17.7 Å². The SMILES string of the molecule is CC1CCN(CCCN(Cc2ccc(C(=O)Nc3ccccc3NC(=O)OC(C)(C)C)nc2)C(=O)NCCc2ccccc2)CC1. The van der Waals surface area contributed by atoms with E-state index in [-0.39, 0.29) is 11.7 Å². The van der Waals surface area contributed by atoms with Crippen molar-refractivity contribution in [3.05, 3.63) is 89.7 Å². The summed E-state index contributed by atoms with van der Waals surface area (Å²) in [7, 11) is 0. The van der Waals surface area contributed by atoms with Gasteiger partial charge in [0.1, 0.15) is 11.3 Å². The quantitative estimate of drug-likeness (QED) is 0.209. The van der Waals surface area contributed by atoms with Crippen LogP contribution >= 0.6 is 0 Å². The molecule has 10 nitrogen and oxygen atoms in total. The summed E-state index contributed by atoms with van der Waals surface area (Å²) in [6.45, 7) is 12.4. The number of likely N-dealkylation sites (tertiary alicyclic amines) is 1.